The highest BCUT2D eigenvalue weighted by Crippen LogP contribution is 2.39. The Labute approximate surface area is 101 Å². The Morgan fingerprint density at radius 3 is 2.88 bits per heavy atom. The van der Waals surface area contributed by atoms with Gasteiger partial charge in [-0.3, -0.25) is 0 Å². The summed E-state index contributed by atoms with van der Waals surface area (Å²) in [4.78, 5) is 10.6. The molecule has 1 aromatic carbocycles. The van der Waals surface area contributed by atoms with Crippen molar-refractivity contribution in [1.82, 2.24) is 0 Å². The fourth-order valence-electron chi connectivity index (χ4n) is 2.54. The fourth-order valence-corrected chi connectivity index (χ4v) is 2.54. The molecule has 0 spiro atoms. The summed E-state index contributed by atoms with van der Waals surface area (Å²) < 4.78 is 5.05. The van der Waals surface area contributed by atoms with Crippen molar-refractivity contribution in [3.63, 3.8) is 0 Å². The molecule has 92 valence electrons. The zero-order valence-electron chi connectivity index (χ0n) is 9.93. The van der Waals surface area contributed by atoms with E-state index in [2.05, 4.69) is 5.18 Å². The first-order valence-corrected chi connectivity index (χ1v) is 5.94. The first kappa shape index (κ1) is 11.9. The van der Waals surface area contributed by atoms with Gasteiger partial charge >= 0.3 is 0 Å². The average Bonchev–Trinajstić information content (AvgIpc) is 2.38. The third-order valence-corrected chi connectivity index (χ3v) is 3.47. The summed E-state index contributed by atoms with van der Waals surface area (Å²) in [5.74, 6) is 1.13. The molecule has 0 amide bonds. The van der Waals surface area contributed by atoms with Gasteiger partial charge in [-0.2, -0.15) is 4.91 Å². The van der Waals surface area contributed by atoms with Crippen molar-refractivity contribution in [2.75, 3.05) is 7.11 Å². The van der Waals surface area contributed by atoms with Crippen LogP contribution in [0, 0.1) is 4.91 Å². The highest BCUT2D eigenvalue weighted by molar-refractivity contribution is 5.41. The van der Waals surface area contributed by atoms with E-state index in [0.29, 0.717) is 5.75 Å². The predicted molar refractivity (Wildman–Crippen MR) is 65.5 cm³/mol. The highest BCUT2D eigenvalue weighted by atomic mass is 16.5. The normalized spacial score (nSPS) is 24.3. The molecule has 0 aliphatic heterocycles. The smallest absolute Gasteiger partial charge is 0.122 e. The zero-order chi connectivity index (χ0) is 12.3. The van der Waals surface area contributed by atoms with Crippen molar-refractivity contribution in [1.29, 1.82) is 0 Å². The summed E-state index contributed by atoms with van der Waals surface area (Å²) in [6.07, 6.45) is 3.61. The van der Waals surface area contributed by atoms with Gasteiger partial charge in [-0.25, -0.2) is 0 Å². The van der Waals surface area contributed by atoms with Crippen LogP contribution in [0.3, 0.4) is 0 Å². The molecule has 2 rings (SSSR count). The number of phenols is 1. The number of hydrogen-bond acceptors (Lipinski definition) is 4. The van der Waals surface area contributed by atoms with E-state index in [-0.39, 0.29) is 17.7 Å². The molecule has 1 N–H and O–H groups in total. The number of rotatable bonds is 3. The topological polar surface area (TPSA) is 58.9 Å². The van der Waals surface area contributed by atoms with E-state index < -0.39 is 0 Å². The fraction of sp³-hybridized carbons (Fsp3) is 0.538. The quantitative estimate of drug-likeness (QED) is 0.818. The molecule has 0 bridgehead atoms. The molecule has 2 unspecified atom stereocenters. The third kappa shape index (κ3) is 2.57. The number of aromatic hydroxyl groups is 1. The van der Waals surface area contributed by atoms with E-state index in [9.17, 15) is 10.0 Å². The lowest BCUT2D eigenvalue weighted by Crippen LogP contribution is -2.16. The number of methoxy groups -OCH3 is 1. The average molecular weight is 235 g/mol. The minimum absolute atomic E-state index is 0.102. The minimum Gasteiger partial charge on any atom is -0.508 e. The maximum absolute atomic E-state index is 10.6. The Morgan fingerprint density at radius 1 is 1.41 bits per heavy atom. The van der Waals surface area contributed by atoms with Crippen molar-refractivity contribution < 1.29 is 9.84 Å². The Balaban J connectivity index is 2.18. The van der Waals surface area contributed by atoms with Crippen molar-refractivity contribution in [2.45, 2.75) is 37.6 Å². The van der Waals surface area contributed by atoms with Crippen LogP contribution in [0.4, 0.5) is 0 Å². The van der Waals surface area contributed by atoms with E-state index in [4.69, 9.17) is 4.74 Å². The number of nitroso groups, excluding NO2 is 1. The number of ether oxygens (including phenoxy) is 1. The van der Waals surface area contributed by atoms with Crippen molar-refractivity contribution in [3.8, 4) is 11.5 Å². The van der Waals surface area contributed by atoms with Gasteiger partial charge in [0, 0.05) is 6.07 Å². The van der Waals surface area contributed by atoms with Crippen LogP contribution in [0.15, 0.2) is 23.4 Å². The van der Waals surface area contributed by atoms with E-state index >= 15 is 0 Å². The second-order valence-corrected chi connectivity index (χ2v) is 4.55. The van der Waals surface area contributed by atoms with E-state index in [1.165, 1.54) is 0 Å². The lowest BCUT2D eigenvalue weighted by Gasteiger charge is -2.25. The van der Waals surface area contributed by atoms with Gasteiger partial charge in [0.15, 0.2) is 0 Å². The standard InChI is InChI=1S/C13H17NO3/c1-17-11-5-6-12(13(15)8-11)9-3-2-4-10(7-9)14-16/h5-6,8-10,15H,2-4,7H2,1H3. The van der Waals surface area contributed by atoms with Crippen LogP contribution in [0.25, 0.3) is 0 Å². The molecule has 1 aliphatic carbocycles. The molecule has 0 heterocycles. The summed E-state index contributed by atoms with van der Waals surface area (Å²) in [7, 11) is 1.57. The number of benzene rings is 1. The van der Waals surface area contributed by atoms with Crippen molar-refractivity contribution >= 4 is 0 Å². The molecule has 1 aliphatic rings. The van der Waals surface area contributed by atoms with Gasteiger partial charge in [0.1, 0.15) is 11.5 Å². The molecule has 1 fully saturated rings. The molecule has 4 nitrogen and oxygen atoms in total. The summed E-state index contributed by atoms with van der Waals surface area (Å²) >= 11 is 0. The summed E-state index contributed by atoms with van der Waals surface area (Å²) in [5, 5.41) is 13.1. The lowest BCUT2D eigenvalue weighted by molar-refractivity contribution is 0.374. The van der Waals surface area contributed by atoms with Crippen LogP contribution >= 0.6 is 0 Å². The monoisotopic (exact) mass is 235 g/mol. The molecule has 0 saturated heterocycles. The van der Waals surface area contributed by atoms with Gasteiger partial charge in [-0.15, -0.1) is 0 Å². The molecule has 2 atom stereocenters. The van der Waals surface area contributed by atoms with Crippen LogP contribution in [0.1, 0.15) is 37.2 Å². The summed E-state index contributed by atoms with van der Waals surface area (Å²) in [5.41, 5.74) is 0.902. The third-order valence-electron chi connectivity index (χ3n) is 3.47. The number of hydrogen-bond donors (Lipinski definition) is 1. The van der Waals surface area contributed by atoms with Crippen molar-refractivity contribution in [2.24, 2.45) is 5.18 Å². The second-order valence-electron chi connectivity index (χ2n) is 4.55. The molecular weight excluding hydrogens is 218 g/mol. The van der Waals surface area contributed by atoms with Crippen LogP contribution in [-0.2, 0) is 0 Å². The van der Waals surface area contributed by atoms with Gasteiger partial charge in [-0.1, -0.05) is 17.7 Å². The van der Waals surface area contributed by atoms with E-state index in [1.807, 2.05) is 12.1 Å². The van der Waals surface area contributed by atoms with Crippen molar-refractivity contribution in [3.05, 3.63) is 28.7 Å². The van der Waals surface area contributed by atoms with Gasteiger partial charge in [-0.05, 0) is 36.8 Å². The van der Waals surface area contributed by atoms with E-state index in [1.54, 1.807) is 13.2 Å². The Bertz CT molecular complexity index is 406. The molecule has 0 radical (unpaired) electrons. The molecule has 17 heavy (non-hydrogen) atoms. The van der Waals surface area contributed by atoms with Gasteiger partial charge < -0.3 is 9.84 Å². The summed E-state index contributed by atoms with van der Waals surface area (Å²) in [6, 6.07) is 5.24. The molecule has 1 saturated carbocycles. The zero-order valence-corrected chi connectivity index (χ0v) is 9.93. The van der Waals surface area contributed by atoms with E-state index in [0.717, 1.165) is 31.2 Å². The maximum Gasteiger partial charge on any atom is 0.122 e. The molecule has 4 heteroatoms. The highest BCUT2D eigenvalue weighted by Gasteiger charge is 2.25. The molecule has 0 aromatic heterocycles. The van der Waals surface area contributed by atoms with Gasteiger partial charge in [0.2, 0.25) is 0 Å². The Morgan fingerprint density at radius 2 is 2.24 bits per heavy atom. The second kappa shape index (κ2) is 5.17. The first-order chi connectivity index (χ1) is 8.24. The van der Waals surface area contributed by atoms with Crippen LogP contribution in [0.2, 0.25) is 0 Å². The van der Waals surface area contributed by atoms with Crippen LogP contribution < -0.4 is 4.74 Å². The first-order valence-electron chi connectivity index (χ1n) is 5.94. The Hall–Kier alpha value is -1.58. The Kier molecular flexibility index (Phi) is 3.61. The molecule has 1 aromatic rings. The number of phenolic OH excluding ortho intramolecular Hbond substituents is 1. The van der Waals surface area contributed by atoms with Crippen LogP contribution in [-0.4, -0.2) is 18.3 Å². The largest absolute Gasteiger partial charge is 0.508 e. The summed E-state index contributed by atoms with van der Waals surface area (Å²) in [6.45, 7) is 0. The lowest BCUT2D eigenvalue weighted by atomic mass is 9.81. The SMILES string of the molecule is COc1ccc(C2CCCC(N=O)C2)c(O)c1. The van der Waals surface area contributed by atoms with Crippen LogP contribution in [0.5, 0.6) is 11.5 Å². The van der Waals surface area contributed by atoms with Gasteiger partial charge in [0.25, 0.3) is 0 Å². The van der Waals surface area contributed by atoms with Gasteiger partial charge in [0.05, 0.1) is 13.2 Å². The predicted octanol–water partition coefficient (Wildman–Crippen LogP) is 3.19. The minimum atomic E-state index is -0.102. The number of nitrogens with zero attached hydrogens (tertiary/aromatic N) is 1. The maximum atomic E-state index is 10.6. The molecular formula is C13H17NO3.